The third-order valence-corrected chi connectivity index (χ3v) is 8.25. The van der Waals surface area contributed by atoms with Gasteiger partial charge in [-0.15, -0.1) is 0 Å². The molecule has 0 fully saturated rings. The number of nitrogens with zero attached hydrogens (tertiary/aromatic N) is 1. The summed E-state index contributed by atoms with van der Waals surface area (Å²) in [5, 5.41) is 2.11. The standard InChI is InChI=1S/C20H18ClNO3.C20H19NO4/c1-3-25-18(23)12-16-19(13-7-6-8-14(11-13)24-2)15-9-4-5-10-17(15)22-20(16)21;1-3-25-18(22)12-16-19(13-7-6-8-14(11-13)24-2)15-9-4-5-10-17(15)21-20(16)23/h4-11H,3,12H2,1-2H3;4-11H,3,12H2,1-2H3,(H,21,23). The molecule has 0 aliphatic heterocycles. The Morgan fingerprint density at radius 3 is 1.78 bits per heavy atom. The molecule has 6 rings (SSSR count). The molecule has 2 aromatic heterocycles. The monoisotopic (exact) mass is 692 g/mol. The van der Waals surface area contributed by atoms with E-state index in [-0.39, 0.29) is 31.0 Å². The summed E-state index contributed by atoms with van der Waals surface area (Å²) in [6.07, 6.45) is -0.0163. The lowest BCUT2D eigenvalue weighted by Crippen LogP contribution is -2.19. The van der Waals surface area contributed by atoms with Gasteiger partial charge >= 0.3 is 11.9 Å². The van der Waals surface area contributed by atoms with E-state index in [1.165, 1.54) is 0 Å². The number of fused-ring (bicyclic) bond motifs is 2. The number of aromatic nitrogens is 2. The minimum atomic E-state index is -0.424. The van der Waals surface area contributed by atoms with Crippen molar-refractivity contribution in [3.8, 4) is 33.8 Å². The van der Waals surface area contributed by atoms with E-state index >= 15 is 0 Å². The van der Waals surface area contributed by atoms with E-state index in [2.05, 4.69) is 9.97 Å². The van der Waals surface area contributed by atoms with Crippen LogP contribution < -0.4 is 15.0 Å². The summed E-state index contributed by atoms with van der Waals surface area (Å²) in [6.45, 7) is 4.12. The first-order valence-electron chi connectivity index (χ1n) is 16.1. The number of benzene rings is 4. The van der Waals surface area contributed by atoms with Gasteiger partial charge in [0.1, 0.15) is 16.7 Å². The van der Waals surface area contributed by atoms with Gasteiger partial charge in [0.25, 0.3) is 5.56 Å². The number of aromatic amines is 1. The van der Waals surface area contributed by atoms with Gasteiger partial charge < -0.3 is 23.9 Å². The van der Waals surface area contributed by atoms with Gasteiger partial charge in [0.15, 0.2) is 0 Å². The molecule has 0 atom stereocenters. The second-order valence-corrected chi connectivity index (χ2v) is 11.4. The Balaban J connectivity index is 0.000000194. The molecule has 10 heteroatoms. The Bertz CT molecular complexity index is 2210. The van der Waals surface area contributed by atoms with Crippen LogP contribution in [0.25, 0.3) is 44.1 Å². The molecule has 0 aliphatic rings. The molecule has 6 aromatic rings. The highest BCUT2D eigenvalue weighted by Gasteiger charge is 2.20. The number of methoxy groups -OCH3 is 2. The highest BCUT2D eigenvalue weighted by molar-refractivity contribution is 6.31. The second kappa shape index (κ2) is 16.6. The average Bonchev–Trinajstić information content (AvgIpc) is 3.12. The van der Waals surface area contributed by atoms with Gasteiger partial charge in [0.2, 0.25) is 0 Å². The molecule has 4 aromatic carbocycles. The molecular formula is C40H37ClN2O7. The lowest BCUT2D eigenvalue weighted by molar-refractivity contribution is -0.143. The number of pyridine rings is 2. The summed E-state index contributed by atoms with van der Waals surface area (Å²) >= 11 is 6.43. The summed E-state index contributed by atoms with van der Waals surface area (Å²) in [5.41, 5.74) is 5.60. The van der Waals surface area contributed by atoms with E-state index in [0.29, 0.717) is 28.6 Å². The maximum Gasteiger partial charge on any atom is 0.310 e. The SMILES string of the molecule is CCOC(=O)Cc1c(-c2cccc(OC)c2)c2ccccc2[nH]c1=O.CCOC(=O)Cc1c(Cl)nc2ccccc2c1-c1cccc(OC)c1. The van der Waals surface area contributed by atoms with Gasteiger partial charge in [-0.1, -0.05) is 72.3 Å². The molecule has 0 radical (unpaired) electrons. The zero-order chi connectivity index (χ0) is 35.6. The van der Waals surface area contributed by atoms with Crippen LogP contribution in [-0.4, -0.2) is 49.3 Å². The molecular weight excluding hydrogens is 656 g/mol. The van der Waals surface area contributed by atoms with Crippen LogP contribution >= 0.6 is 11.6 Å². The zero-order valence-corrected chi connectivity index (χ0v) is 29.0. The first-order chi connectivity index (χ1) is 24.3. The van der Waals surface area contributed by atoms with E-state index in [9.17, 15) is 14.4 Å². The van der Waals surface area contributed by atoms with Crippen molar-refractivity contribution in [1.82, 2.24) is 9.97 Å². The summed E-state index contributed by atoms with van der Waals surface area (Å²) in [6, 6.07) is 30.4. The van der Waals surface area contributed by atoms with Crippen LogP contribution in [0.1, 0.15) is 25.0 Å². The molecule has 1 N–H and O–H groups in total. The fourth-order valence-electron chi connectivity index (χ4n) is 5.76. The molecule has 0 saturated heterocycles. The van der Waals surface area contributed by atoms with Gasteiger partial charge in [0.05, 0.1) is 45.8 Å². The quantitative estimate of drug-likeness (QED) is 0.113. The number of halogens is 1. The molecule has 0 spiro atoms. The molecule has 0 bridgehead atoms. The van der Waals surface area contributed by atoms with Crippen LogP contribution in [0, 0.1) is 0 Å². The maximum atomic E-state index is 12.6. The number of esters is 2. The van der Waals surface area contributed by atoms with Gasteiger partial charge in [-0.2, -0.15) is 0 Å². The largest absolute Gasteiger partial charge is 0.497 e. The fourth-order valence-corrected chi connectivity index (χ4v) is 6.02. The van der Waals surface area contributed by atoms with Gasteiger partial charge in [-0.05, 0) is 66.9 Å². The van der Waals surface area contributed by atoms with Crippen LogP contribution in [0.2, 0.25) is 5.15 Å². The van der Waals surface area contributed by atoms with Crippen molar-refractivity contribution in [2.75, 3.05) is 27.4 Å². The number of nitrogens with one attached hydrogen (secondary N) is 1. The lowest BCUT2D eigenvalue weighted by atomic mass is 9.94. The number of carbonyl (C=O) groups excluding carboxylic acids is 2. The minimum Gasteiger partial charge on any atom is -0.497 e. The van der Waals surface area contributed by atoms with Crippen LogP contribution in [-0.2, 0) is 31.9 Å². The van der Waals surface area contributed by atoms with Crippen molar-refractivity contribution >= 4 is 45.3 Å². The summed E-state index contributed by atoms with van der Waals surface area (Å²) in [5.74, 6) is 0.665. The fraction of sp³-hybridized carbons (Fsp3) is 0.200. The number of carbonyl (C=O) groups is 2. The van der Waals surface area contributed by atoms with Crippen molar-refractivity contribution in [2.45, 2.75) is 26.7 Å². The van der Waals surface area contributed by atoms with E-state index < -0.39 is 5.97 Å². The molecule has 9 nitrogen and oxygen atoms in total. The van der Waals surface area contributed by atoms with Crippen molar-refractivity contribution < 1.29 is 28.5 Å². The van der Waals surface area contributed by atoms with Crippen molar-refractivity contribution in [3.63, 3.8) is 0 Å². The Morgan fingerprint density at radius 2 is 1.20 bits per heavy atom. The average molecular weight is 693 g/mol. The Morgan fingerprint density at radius 1 is 0.680 bits per heavy atom. The maximum absolute atomic E-state index is 12.6. The predicted molar refractivity (Wildman–Crippen MR) is 196 cm³/mol. The summed E-state index contributed by atoms with van der Waals surface area (Å²) in [4.78, 5) is 44.0. The van der Waals surface area contributed by atoms with E-state index in [0.717, 1.165) is 49.8 Å². The van der Waals surface area contributed by atoms with E-state index in [1.807, 2.05) is 97.1 Å². The first kappa shape index (κ1) is 35.6. The first-order valence-corrected chi connectivity index (χ1v) is 16.5. The second-order valence-electron chi connectivity index (χ2n) is 11.1. The highest BCUT2D eigenvalue weighted by Crippen LogP contribution is 2.37. The van der Waals surface area contributed by atoms with Crippen LogP contribution in [0.3, 0.4) is 0 Å². The Labute approximate surface area is 294 Å². The molecule has 0 unspecified atom stereocenters. The number of hydrogen-bond donors (Lipinski definition) is 1. The predicted octanol–water partition coefficient (Wildman–Crippen LogP) is 7.98. The smallest absolute Gasteiger partial charge is 0.310 e. The number of para-hydroxylation sites is 2. The number of hydrogen-bond acceptors (Lipinski definition) is 8. The Hall–Kier alpha value is -5.67. The molecule has 0 aliphatic carbocycles. The molecule has 256 valence electrons. The molecule has 0 amide bonds. The summed E-state index contributed by atoms with van der Waals surface area (Å²) in [7, 11) is 3.21. The number of rotatable bonds is 10. The molecule has 2 heterocycles. The van der Waals surface area contributed by atoms with Crippen LogP contribution in [0.15, 0.2) is 102 Å². The van der Waals surface area contributed by atoms with Gasteiger partial charge in [0, 0.05) is 33.0 Å². The minimum absolute atomic E-state index is 0.0665. The van der Waals surface area contributed by atoms with Gasteiger partial charge in [-0.25, -0.2) is 4.98 Å². The van der Waals surface area contributed by atoms with Crippen molar-refractivity contribution in [2.24, 2.45) is 0 Å². The van der Waals surface area contributed by atoms with Crippen LogP contribution in [0.5, 0.6) is 11.5 Å². The topological polar surface area (TPSA) is 117 Å². The molecule has 50 heavy (non-hydrogen) atoms. The molecule has 0 saturated carbocycles. The van der Waals surface area contributed by atoms with Gasteiger partial charge in [-0.3, -0.25) is 14.4 Å². The van der Waals surface area contributed by atoms with Crippen LogP contribution in [0.4, 0.5) is 0 Å². The third-order valence-electron chi connectivity index (χ3n) is 7.93. The highest BCUT2D eigenvalue weighted by atomic mass is 35.5. The zero-order valence-electron chi connectivity index (χ0n) is 28.2. The lowest BCUT2D eigenvalue weighted by Gasteiger charge is -2.15. The summed E-state index contributed by atoms with van der Waals surface area (Å²) < 4.78 is 20.8. The van der Waals surface area contributed by atoms with Crippen molar-refractivity contribution in [3.05, 3.63) is 124 Å². The third kappa shape index (κ3) is 8.13. The Kier molecular flexibility index (Phi) is 11.9. The van der Waals surface area contributed by atoms with Crippen molar-refractivity contribution in [1.29, 1.82) is 0 Å². The van der Waals surface area contributed by atoms with E-state index in [1.54, 1.807) is 28.1 Å². The van der Waals surface area contributed by atoms with E-state index in [4.69, 9.17) is 30.5 Å². The number of H-pyrrole nitrogens is 1. The normalized spacial score (nSPS) is 10.7. The number of ether oxygens (including phenoxy) is 4.